The highest BCUT2D eigenvalue weighted by Gasteiger charge is 2.15. The smallest absolute Gasteiger partial charge is 0.143 e. The van der Waals surface area contributed by atoms with Crippen LogP contribution in [0.1, 0.15) is 24.8 Å². The highest BCUT2D eigenvalue weighted by molar-refractivity contribution is 6.35. The minimum atomic E-state index is 0.0905. The summed E-state index contributed by atoms with van der Waals surface area (Å²) >= 11 is 12.1. The molecule has 0 saturated carbocycles. The average Bonchev–Trinajstić information content (AvgIpc) is 2.33. The first-order valence-corrected chi connectivity index (χ1v) is 6.47. The molecular weight excluding hydrogens is 257 g/mol. The van der Waals surface area contributed by atoms with E-state index >= 15 is 0 Å². The van der Waals surface area contributed by atoms with Gasteiger partial charge >= 0.3 is 0 Å². The fourth-order valence-corrected chi connectivity index (χ4v) is 2.51. The summed E-state index contributed by atoms with van der Waals surface area (Å²) in [5, 5.41) is 1.11. The van der Waals surface area contributed by atoms with E-state index in [0.717, 1.165) is 24.8 Å². The molecule has 1 aromatic rings. The molecule has 1 unspecified atom stereocenters. The first kappa shape index (κ1) is 12.7. The highest BCUT2D eigenvalue weighted by atomic mass is 35.5. The zero-order valence-electron chi connectivity index (χ0n) is 9.46. The lowest BCUT2D eigenvalue weighted by atomic mass is 10.1. The van der Waals surface area contributed by atoms with Crippen molar-refractivity contribution in [3.05, 3.63) is 39.9 Å². The molecule has 2 N–H and O–H groups in total. The van der Waals surface area contributed by atoms with Gasteiger partial charge in [0.2, 0.25) is 0 Å². The van der Waals surface area contributed by atoms with E-state index in [1.54, 1.807) is 12.1 Å². The van der Waals surface area contributed by atoms with Crippen molar-refractivity contribution in [1.82, 2.24) is 0 Å². The lowest BCUT2D eigenvalue weighted by molar-refractivity contribution is 0.228. The average molecular weight is 272 g/mol. The van der Waals surface area contributed by atoms with E-state index in [1.807, 2.05) is 0 Å². The van der Waals surface area contributed by atoms with Crippen LogP contribution in [0.5, 0.6) is 5.75 Å². The number of halogens is 2. The number of ether oxygens (including phenoxy) is 1. The summed E-state index contributed by atoms with van der Waals surface area (Å²) in [5.41, 5.74) is 6.53. The van der Waals surface area contributed by atoms with Gasteiger partial charge in [-0.1, -0.05) is 29.3 Å². The second-order valence-corrected chi connectivity index (χ2v) is 4.94. The maximum Gasteiger partial charge on any atom is 0.143 e. The molecule has 0 heterocycles. The Hall–Kier alpha value is -0.700. The fourth-order valence-electron chi connectivity index (χ4n) is 1.93. The molecule has 0 amide bonds. The Labute approximate surface area is 111 Å². The number of allylic oxidation sites excluding steroid dienone is 1. The summed E-state index contributed by atoms with van der Waals surface area (Å²) in [6.07, 6.45) is 7.59. The van der Waals surface area contributed by atoms with Crippen molar-refractivity contribution in [2.24, 2.45) is 5.73 Å². The molecule has 0 aliphatic heterocycles. The van der Waals surface area contributed by atoms with Gasteiger partial charge in [-0.05, 0) is 37.5 Å². The van der Waals surface area contributed by atoms with Crippen LogP contribution in [0, 0.1) is 0 Å². The van der Waals surface area contributed by atoms with E-state index in [0.29, 0.717) is 22.3 Å². The molecule has 1 aromatic carbocycles. The van der Waals surface area contributed by atoms with Gasteiger partial charge < -0.3 is 10.5 Å². The van der Waals surface area contributed by atoms with E-state index in [-0.39, 0.29) is 6.10 Å². The number of hydrogen-bond acceptors (Lipinski definition) is 2. The standard InChI is InChI=1S/C13H15Cl2NO/c14-10-6-9(8-16)13(12(15)7-10)17-11-4-2-1-3-5-11/h2,4,6-7,11H,1,3,5,8,16H2. The maximum absolute atomic E-state index is 6.14. The summed E-state index contributed by atoms with van der Waals surface area (Å²) in [7, 11) is 0. The van der Waals surface area contributed by atoms with Crippen LogP contribution in [0.4, 0.5) is 0 Å². The van der Waals surface area contributed by atoms with Crippen LogP contribution < -0.4 is 10.5 Å². The molecule has 0 radical (unpaired) electrons. The van der Waals surface area contributed by atoms with Crippen molar-refractivity contribution in [3.8, 4) is 5.75 Å². The number of hydrogen-bond donors (Lipinski definition) is 1. The number of benzene rings is 1. The molecule has 17 heavy (non-hydrogen) atoms. The third-order valence-electron chi connectivity index (χ3n) is 2.78. The van der Waals surface area contributed by atoms with E-state index in [9.17, 15) is 0 Å². The molecule has 0 aromatic heterocycles. The van der Waals surface area contributed by atoms with Crippen molar-refractivity contribution in [2.45, 2.75) is 31.9 Å². The maximum atomic E-state index is 6.14. The molecule has 0 bridgehead atoms. The zero-order chi connectivity index (χ0) is 12.3. The summed E-state index contributed by atoms with van der Waals surface area (Å²) in [5.74, 6) is 0.662. The van der Waals surface area contributed by atoms with Crippen molar-refractivity contribution in [1.29, 1.82) is 0 Å². The predicted octanol–water partition coefficient (Wildman–Crippen LogP) is 3.94. The van der Waals surface area contributed by atoms with Crippen LogP contribution in [-0.4, -0.2) is 6.10 Å². The minimum Gasteiger partial charge on any atom is -0.484 e. The SMILES string of the molecule is NCc1cc(Cl)cc(Cl)c1OC1C=CCCC1. The van der Waals surface area contributed by atoms with Gasteiger partial charge in [0.05, 0.1) is 5.02 Å². The van der Waals surface area contributed by atoms with Crippen molar-refractivity contribution in [2.75, 3.05) is 0 Å². The molecule has 92 valence electrons. The van der Waals surface area contributed by atoms with Gasteiger partial charge in [0.15, 0.2) is 0 Å². The van der Waals surface area contributed by atoms with Crippen LogP contribution in [0.3, 0.4) is 0 Å². The Kier molecular flexibility index (Phi) is 4.32. The summed E-state index contributed by atoms with van der Waals surface area (Å²) in [4.78, 5) is 0. The topological polar surface area (TPSA) is 35.2 Å². The van der Waals surface area contributed by atoms with E-state index in [1.165, 1.54) is 0 Å². The van der Waals surface area contributed by atoms with Crippen LogP contribution >= 0.6 is 23.2 Å². The van der Waals surface area contributed by atoms with Gasteiger partial charge in [0, 0.05) is 17.1 Å². The Bertz CT molecular complexity index is 432. The van der Waals surface area contributed by atoms with E-state index < -0.39 is 0 Å². The van der Waals surface area contributed by atoms with Crippen LogP contribution in [-0.2, 0) is 6.54 Å². The molecule has 4 heteroatoms. The second-order valence-electron chi connectivity index (χ2n) is 4.10. The molecular formula is C13H15Cl2NO. The van der Waals surface area contributed by atoms with Gasteiger partial charge in [0.1, 0.15) is 11.9 Å². The van der Waals surface area contributed by atoms with Crippen molar-refractivity contribution in [3.63, 3.8) is 0 Å². The molecule has 2 rings (SSSR count). The second kappa shape index (κ2) is 5.76. The first-order chi connectivity index (χ1) is 8.20. The number of nitrogens with two attached hydrogens (primary N) is 1. The summed E-state index contributed by atoms with van der Waals surface area (Å²) < 4.78 is 5.91. The summed E-state index contributed by atoms with van der Waals surface area (Å²) in [6.45, 7) is 0.367. The quantitative estimate of drug-likeness (QED) is 0.846. The Morgan fingerprint density at radius 2 is 2.18 bits per heavy atom. The van der Waals surface area contributed by atoms with Gasteiger partial charge in [-0.2, -0.15) is 0 Å². The van der Waals surface area contributed by atoms with Crippen molar-refractivity contribution >= 4 is 23.2 Å². The van der Waals surface area contributed by atoms with Crippen molar-refractivity contribution < 1.29 is 4.74 Å². The first-order valence-electron chi connectivity index (χ1n) is 5.72. The van der Waals surface area contributed by atoms with Gasteiger partial charge in [0.25, 0.3) is 0 Å². The third-order valence-corrected chi connectivity index (χ3v) is 3.28. The fraction of sp³-hybridized carbons (Fsp3) is 0.385. The van der Waals surface area contributed by atoms with Gasteiger partial charge in [-0.15, -0.1) is 0 Å². The predicted molar refractivity (Wildman–Crippen MR) is 71.8 cm³/mol. The third kappa shape index (κ3) is 3.15. The van der Waals surface area contributed by atoms with Gasteiger partial charge in [-0.3, -0.25) is 0 Å². The lowest BCUT2D eigenvalue weighted by Gasteiger charge is -2.21. The Morgan fingerprint density at radius 3 is 2.82 bits per heavy atom. The van der Waals surface area contributed by atoms with Crippen LogP contribution in [0.25, 0.3) is 0 Å². The van der Waals surface area contributed by atoms with E-state index in [2.05, 4.69) is 12.2 Å². The molecule has 0 spiro atoms. The Balaban J connectivity index is 2.24. The molecule has 1 aliphatic rings. The molecule has 0 fully saturated rings. The monoisotopic (exact) mass is 271 g/mol. The summed E-state index contributed by atoms with van der Waals surface area (Å²) in [6, 6.07) is 3.49. The highest BCUT2D eigenvalue weighted by Crippen LogP contribution is 2.34. The van der Waals surface area contributed by atoms with Crippen LogP contribution in [0.2, 0.25) is 10.0 Å². The zero-order valence-corrected chi connectivity index (χ0v) is 11.0. The lowest BCUT2D eigenvalue weighted by Crippen LogP contribution is -2.17. The molecule has 2 nitrogen and oxygen atoms in total. The molecule has 0 saturated heterocycles. The van der Waals surface area contributed by atoms with E-state index in [4.69, 9.17) is 33.7 Å². The Morgan fingerprint density at radius 1 is 1.35 bits per heavy atom. The largest absolute Gasteiger partial charge is 0.484 e. The molecule has 1 atom stereocenters. The molecule has 1 aliphatic carbocycles. The minimum absolute atomic E-state index is 0.0905. The number of rotatable bonds is 3. The normalized spacial score (nSPS) is 19.4. The van der Waals surface area contributed by atoms with Gasteiger partial charge in [-0.25, -0.2) is 0 Å². The van der Waals surface area contributed by atoms with Crippen LogP contribution in [0.15, 0.2) is 24.3 Å².